The number of hydrogen-bond donors (Lipinski definition) is 2. The number of aromatic nitrogens is 1. The van der Waals surface area contributed by atoms with Crippen LogP contribution < -0.4 is 10.6 Å². The first-order valence-corrected chi connectivity index (χ1v) is 15.9. The van der Waals surface area contributed by atoms with Gasteiger partial charge < -0.3 is 19.9 Å². The molecule has 1 aliphatic carbocycles. The summed E-state index contributed by atoms with van der Waals surface area (Å²) in [6, 6.07) is 48.8. The smallest absolute Gasteiger partial charge is 0.196 e. The third kappa shape index (κ3) is 4.51. The third-order valence-corrected chi connectivity index (χ3v) is 9.17. The Labute approximate surface area is 268 Å². The molecule has 0 radical (unpaired) electrons. The molecule has 1 aromatic heterocycles. The molecule has 2 atom stereocenters. The number of aliphatic imine (C=N–C) groups is 1. The van der Waals surface area contributed by atoms with Gasteiger partial charge in [-0.3, -0.25) is 4.99 Å². The lowest BCUT2D eigenvalue weighted by Gasteiger charge is -2.25. The number of hydrogen-bond acceptors (Lipinski definition) is 4. The van der Waals surface area contributed by atoms with Crippen molar-refractivity contribution in [3.63, 3.8) is 0 Å². The summed E-state index contributed by atoms with van der Waals surface area (Å²) in [4.78, 5) is 5.24. The normalized spacial score (nSPS) is 18.5. The van der Waals surface area contributed by atoms with E-state index in [0.717, 1.165) is 58.0 Å². The van der Waals surface area contributed by atoms with Crippen LogP contribution in [0.4, 0.5) is 0 Å². The lowest BCUT2D eigenvalue weighted by Crippen LogP contribution is -2.25. The summed E-state index contributed by atoms with van der Waals surface area (Å²) in [6.07, 6.45) is 3.57. The van der Waals surface area contributed by atoms with Gasteiger partial charge in [-0.15, -0.1) is 0 Å². The van der Waals surface area contributed by atoms with Gasteiger partial charge in [0, 0.05) is 33.6 Å². The Bertz CT molecular complexity index is 2180. The molecule has 2 N–H and O–H groups in total. The summed E-state index contributed by atoms with van der Waals surface area (Å²) in [5.74, 6) is 0.977. The van der Waals surface area contributed by atoms with E-state index in [1.165, 1.54) is 27.9 Å². The van der Waals surface area contributed by atoms with Gasteiger partial charge in [-0.1, -0.05) is 121 Å². The number of fused-ring (bicyclic) bond motifs is 4. The average molecular weight is 597 g/mol. The number of rotatable bonds is 5. The van der Waals surface area contributed by atoms with E-state index in [0.29, 0.717) is 0 Å². The SMILES string of the molecule is C1=C(c2ccccc2)NC(c2cccc(-n3c4c(c5ccccc53)C3=C(CC4)NC(c4ccccc4)O3)c2)N=C1c1ccccc1. The van der Waals surface area contributed by atoms with Crippen molar-refractivity contribution in [2.45, 2.75) is 25.2 Å². The molecule has 2 aliphatic heterocycles. The van der Waals surface area contributed by atoms with Crippen LogP contribution in [0.25, 0.3) is 28.0 Å². The van der Waals surface area contributed by atoms with Gasteiger partial charge in [0.05, 0.1) is 16.9 Å². The fourth-order valence-electron chi connectivity index (χ4n) is 7.02. The third-order valence-electron chi connectivity index (χ3n) is 9.17. The Kier molecular flexibility index (Phi) is 6.34. The van der Waals surface area contributed by atoms with E-state index < -0.39 is 0 Å². The molecule has 0 amide bonds. The quantitative estimate of drug-likeness (QED) is 0.209. The van der Waals surface area contributed by atoms with Gasteiger partial charge in [0.1, 0.15) is 6.17 Å². The molecule has 222 valence electrons. The van der Waals surface area contributed by atoms with Crippen LogP contribution in [0.3, 0.4) is 0 Å². The molecule has 0 fully saturated rings. The number of allylic oxidation sites excluding steroid dienone is 2. The molecule has 5 nitrogen and oxygen atoms in total. The van der Waals surface area contributed by atoms with Gasteiger partial charge in [-0.2, -0.15) is 0 Å². The Balaban J connectivity index is 1.13. The highest BCUT2D eigenvalue weighted by molar-refractivity contribution is 6.13. The van der Waals surface area contributed by atoms with Crippen molar-refractivity contribution in [2.24, 2.45) is 4.99 Å². The second-order valence-electron chi connectivity index (χ2n) is 12.0. The van der Waals surface area contributed by atoms with Crippen LogP contribution in [0.15, 0.2) is 156 Å². The average Bonchev–Trinajstić information content (AvgIpc) is 3.72. The minimum absolute atomic E-state index is 0.177. The van der Waals surface area contributed by atoms with Crippen molar-refractivity contribution < 1.29 is 4.74 Å². The molecule has 0 bridgehead atoms. The fraction of sp³-hybridized carbons (Fsp3) is 0.0976. The van der Waals surface area contributed by atoms with Crippen molar-refractivity contribution in [3.8, 4) is 5.69 Å². The lowest BCUT2D eigenvalue weighted by atomic mass is 9.98. The van der Waals surface area contributed by atoms with Crippen LogP contribution >= 0.6 is 0 Å². The summed E-state index contributed by atoms with van der Waals surface area (Å²) in [6.45, 7) is 0. The molecule has 0 saturated carbocycles. The molecule has 0 saturated heterocycles. The summed E-state index contributed by atoms with van der Waals surface area (Å²) in [7, 11) is 0. The number of ether oxygens (including phenoxy) is 1. The van der Waals surface area contributed by atoms with Gasteiger partial charge >= 0.3 is 0 Å². The van der Waals surface area contributed by atoms with Gasteiger partial charge in [0.15, 0.2) is 12.0 Å². The van der Waals surface area contributed by atoms with Crippen LogP contribution in [0.2, 0.25) is 0 Å². The molecular formula is C41H32N4O. The van der Waals surface area contributed by atoms with E-state index in [1.807, 2.05) is 12.1 Å². The van der Waals surface area contributed by atoms with Gasteiger partial charge in [-0.05, 0) is 53.8 Å². The predicted molar refractivity (Wildman–Crippen MR) is 185 cm³/mol. The largest absolute Gasteiger partial charge is 0.464 e. The number of para-hydroxylation sites is 1. The molecule has 6 aromatic rings. The molecule has 9 rings (SSSR count). The van der Waals surface area contributed by atoms with Crippen molar-refractivity contribution in [1.82, 2.24) is 15.2 Å². The zero-order valence-corrected chi connectivity index (χ0v) is 25.2. The van der Waals surface area contributed by atoms with Crippen LogP contribution in [-0.2, 0) is 11.2 Å². The Morgan fingerprint density at radius 1 is 0.652 bits per heavy atom. The minimum Gasteiger partial charge on any atom is -0.464 e. The Hall–Kier alpha value is -5.81. The Morgan fingerprint density at radius 2 is 1.35 bits per heavy atom. The summed E-state index contributed by atoms with van der Waals surface area (Å²) >= 11 is 0. The Morgan fingerprint density at radius 3 is 2.15 bits per heavy atom. The van der Waals surface area contributed by atoms with Gasteiger partial charge in [0.2, 0.25) is 0 Å². The maximum Gasteiger partial charge on any atom is 0.196 e. The predicted octanol–water partition coefficient (Wildman–Crippen LogP) is 8.70. The molecule has 0 spiro atoms. The maximum absolute atomic E-state index is 6.68. The molecule has 3 heterocycles. The number of nitrogens with one attached hydrogen (secondary N) is 2. The van der Waals surface area contributed by atoms with E-state index in [4.69, 9.17) is 9.73 Å². The fourth-order valence-corrected chi connectivity index (χ4v) is 7.02. The van der Waals surface area contributed by atoms with Crippen LogP contribution in [0.1, 0.15) is 52.3 Å². The van der Waals surface area contributed by atoms with Gasteiger partial charge in [0.25, 0.3) is 0 Å². The highest BCUT2D eigenvalue weighted by atomic mass is 16.5. The maximum atomic E-state index is 6.68. The number of benzene rings is 5. The lowest BCUT2D eigenvalue weighted by molar-refractivity contribution is 0.174. The number of nitrogens with zero attached hydrogens (tertiary/aromatic N) is 2. The highest BCUT2D eigenvalue weighted by Gasteiger charge is 2.35. The molecule has 3 aliphatic rings. The van der Waals surface area contributed by atoms with Crippen LogP contribution in [0, 0.1) is 0 Å². The van der Waals surface area contributed by atoms with Crippen LogP contribution in [-0.4, -0.2) is 10.3 Å². The molecule has 46 heavy (non-hydrogen) atoms. The zero-order valence-electron chi connectivity index (χ0n) is 25.2. The highest BCUT2D eigenvalue weighted by Crippen LogP contribution is 2.45. The first-order valence-electron chi connectivity index (χ1n) is 15.9. The topological polar surface area (TPSA) is 50.6 Å². The van der Waals surface area contributed by atoms with E-state index in [1.54, 1.807) is 0 Å². The standard InChI is InChI=1S/C41H32N4O/c1-4-13-27(14-5-1)34-26-35(28-15-6-2-7-16-28)43-40(42-34)30-19-12-20-31(25-30)45-36-22-11-10-21-32(36)38-37(45)24-23-33-39(38)46-41(44-33)29-17-8-3-9-18-29/h1-22,25-26,40-42,44H,23-24H2. The van der Waals surface area contributed by atoms with Gasteiger partial charge in [-0.25, -0.2) is 0 Å². The second-order valence-corrected chi connectivity index (χ2v) is 12.0. The molecule has 5 heteroatoms. The molecule has 2 unspecified atom stereocenters. The van der Waals surface area contributed by atoms with Crippen LogP contribution in [0.5, 0.6) is 0 Å². The van der Waals surface area contributed by atoms with Crippen molar-refractivity contribution in [3.05, 3.63) is 185 Å². The van der Waals surface area contributed by atoms with E-state index >= 15 is 0 Å². The molecular weight excluding hydrogens is 564 g/mol. The van der Waals surface area contributed by atoms with E-state index in [9.17, 15) is 0 Å². The monoisotopic (exact) mass is 596 g/mol. The first kappa shape index (κ1) is 26.6. The van der Waals surface area contributed by atoms with E-state index in [-0.39, 0.29) is 12.4 Å². The second kappa shape index (κ2) is 11.0. The van der Waals surface area contributed by atoms with Crippen molar-refractivity contribution in [2.75, 3.05) is 0 Å². The van der Waals surface area contributed by atoms with Crippen molar-refractivity contribution >= 4 is 28.1 Å². The summed E-state index contributed by atoms with van der Waals surface area (Å²) in [5, 5.41) is 8.62. The van der Waals surface area contributed by atoms with Crippen molar-refractivity contribution in [1.29, 1.82) is 0 Å². The summed E-state index contributed by atoms with van der Waals surface area (Å²) < 4.78 is 9.11. The first-order chi connectivity index (χ1) is 22.8. The minimum atomic E-state index is -0.240. The molecule has 5 aromatic carbocycles. The van der Waals surface area contributed by atoms with E-state index in [2.05, 4.69) is 149 Å². The summed E-state index contributed by atoms with van der Waals surface area (Å²) in [5.41, 5.74) is 12.5. The zero-order chi connectivity index (χ0) is 30.5.